The first-order chi connectivity index (χ1) is 8.09. The molecule has 0 saturated carbocycles. The first kappa shape index (κ1) is 12.6. The van der Waals surface area contributed by atoms with Gasteiger partial charge in [0.15, 0.2) is 0 Å². The predicted octanol–water partition coefficient (Wildman–Crippen LogP) is 2.57. The van der Waals surface area contributed by atoms with Crippen molar-refractivity contribution in [2.24, 2.45) is 5.92 Å². The summed E-state index contributed by atoms with van der Waals surface area (Å²) in [6, 6.07) is 0.351. The Hall–Kier alpha value is -0.810. The zero-order valence-electron chi connectivity index (χ0n) is 10.2. The normalized spacial score (nSPS) is 21.5. The third kappa shape index (κ3) is 2.72. The predicted molar refractivity (Wildman–Crippen MR) is 73.1 cm³/mol. The van der Waals surface area contributed by atoms with Gasteiger partial charge in [0.1, 0.15) is 5.82 Å². The highest BCUT2D eigenvalue weighted by molar-refractivity contribution is 9.10. The lowest BCUT2D eigenvalue weighted by Crippen LogP contribution is -2.26. The van der Waals surface area contributed by atoms with Crippen molar-refractivity contribution in [1.29, 1.82) is 0 Å². The van der Waals surface area contributed by atoms with Crippen LogP contribution in [0.1, 0.15) is 18.9 Å². The lowest BCUT2D eigenvalue weighted by Gasteiger charge is -2.21. The second kappa shape index (κ2) is 5.23. The van der Waals surface area contributed by atoms with E-state index in [1.165, 1.54) is 0 Å². The molecule has 1 saturated heterocycles. The summed E-state index contributed by atoms with van der Waals surface area (Å²) in [5.41, 5.74) is 7.54. The molecule has 0 amide bonds. The number of nitrogens with two attached hydrogens (primary N) is 1. The molecule has 1 fully saturated rings. The molecule has 94 valence electrons. The van der Waals surface area contributed by atoms with Crippen molar-refractivity contribution < 1.29 is 4.74 Å². The molecule has 1 aromatic rings. The fourth-order valence-corrected chi connectivity index (χ4v) is 2.42. The third-order valence-electron chi connectivity index (χ3n) is 3.34. The molecule has 2 atom stereocenters. The topological polar surface area (TPSA) is 60.2 Å². The molecule has 1 aliphatic rings. The smallest absolute Gasteiger partial charge is 0.140 e. The van der Waals surface area contributed by atoms with Crippen molar-refractivity contribution in [3.8, 4) is 0 Å². The number of hydrogen-bond acceptors (Lipinski definition) is 4. The molecule has 2 unspecified atom stereocenters. The molecule has 0 aliphatic carbocycles. The van der Waals surface area contributed by atoms with Crippen LogP contribution in [0.3, 0.4) is 0 Å². The van der Waals surface area contributed by atoms with Gasteiger partial charge in [0.25, 0.3) is 0 Å². The van der Waals surface area contributed by atoms with E-state index in [-0.39, 0.29) is 0 Å². The standard InChI is InChI=1S/C12H18BrN3O/c1-7-10(14)5-15-12(11(7)13)16-8(2)9-3-4-17-6-9/h5,8-9H,3-4,6,14H2,1-2H3,(H,15,16). The first-order valence-electron chi connectivity index (χ1n) is 5.84. The van der Waals surface area contributed by atoms with Crippen LogP contribution < -0.4 is 11.1 Å². The Morgan fingerprint density at radius 1 is 1.65 bits per heavy atom. The number of nitrogens with zero attached hydrogens (tertiary/aromatic N) is 1. The molecular formula is C12H18BrN3O. The molecule has 2 heterocycles. The van der Waals surface area contributed by atoms with Gasteiger partial charge in [-0.1, -0.05) is 0 Å². The summed E-state index contributed by atoms with van der Waals surface area (Å²) in [6.07, 6.45) is 2.81. The van der Waals surface area contributed by atoms with E-state index in [1.54, 1.807) is 6.20 Å². The second-order valence-electron chi connectivity index (χ2n) is 4.56. The van der Waals surface area contributed by atoms with Crippen LogP contribution in [0.5, 0.6) is 0 Å². The van der Waals surface area contributed by atoms with Gasteiger partial charge in [0.05, 0.1) is 23.0 Å². The Kier molecular flexibility index (Phi) is 3.89. The van der Waals surface area contributed by atoms with Gasteiger partial charge < -0.3 is 15.8 Å². The summed E-state index contributed by atoms with van der Waals surface area (Å²) in [5, 5.41) is 3.43. The van der Waals surface area contributed by atoms with E-state index in [2.05, 4.69) is 33.2 Å². The molecule has 1 aliphatic heterocycles. The molecule has 4 nitrogen and oxygen atoms in total. The summed E-state index contributed by atoms with van der Waals surface area (Å²) in [6.45, 7) is 5.85. The molecule has 5 heteroatoms. The van der Waals surface area contributed by atoms with Crippen LogP contribution in [0.4, 0.5) is 11.5 Å². The van der Waals surface area contributed by atoms with Crippen LogP contribution >= 0.6 is 15.9 Å². The summed E-state index contributed by atoms with van der Waals surface area (Å²) in [4.78, 5) is 4.33. The minimum absolute atomic E-state index is 0.351. The molecule has 3 N–H and O–H groups in total. The number of pyridine rings is 1. The molecule has 0 radical (unpaired) electrons. The van der Waals surface area contributed by atoms with Gasteiger partial charge in [-0.25, -0.2) is 4.98 Å². The van der Waals surface area contributed by atoms with Crippen molar-refractivity contribution in [1.82, 2.24) is 4.98 Å². The van der Waals surface area contributed by atoms with E-state index in [1.807, 2.05) is 6.92 Å². The summed E-state index contributed by atoms with van der Waals surface area (Å²) >= 11 is 3.53. The Morgan fingerprint density at radius 3 is 3.06 bits per heavy atom. The van der Waals surface area contributed by atoms with Crippen molar-refractivity contribution in [2.75, 3.05) is 24.3 Å². The maximum Gasteiger partial charge on any atom is 0.140 e. The molecule has 1 aromatic heterocycles. The number of ether oxygens (including phenoxy) is 1. The van der Waals surface area contributed by atoms with Gasteiger partial charge >= 0.3 is 0 Å². The van der Waals surface area contributed by atoms with E-state index in [0.29, 0.717) is 17.6 Å². The monoisotopic (exact) mass is 299 g/mol. The molecule has 0 aromatic carbocycles. The molecule has 17 heavy (non-hydrogen) atoms. The number of nitrogen functional groups attached to an aromatic ring is 1. The van der Waals surface area contributed by atoms with Crippen LogP contribution in [0.25, 0.3) is 0 Å². The molecule has 0 spiro atoms. The van der Waals surface area contributed by atoms with Gasteiger partial charge in [-0.3, -0.25) is 0 Å². The maximum absolute atomic E-state index is 5.80. The zero-order valence-corrected chi connectivity index (χ0v) is 11.8. The van der Waals surface area contributed by atoms with Crippen LogP contribution in [0, 0.1) is 12.8 Å². The van der Waals surface area contributed by atoms with E-state index >= 15 is 0 Å². The minimum Gasteiger partial charge on any atom is -0.397 e. The fraction of sp³-hybridized carbons (Fsp3) is 0.583. The van der Waals surface area contributed by atoms with Gasteiger partial charge in [0.2, 0.25) is 0 Å². The van der Waals surface area contributed by atoms with E-state index in [0.717, 1.165) is 35.5 Å². The average molecular weight is 300 g/mol. The lowest BCUT2D eigenvalue weighted by molar-refractivity contribution is 0.183. The zero-order chi connectivity index (χ0) is 12.4. The fourth-order valence-electron chi connectivity index (χ4n) is 1.97. The summed E-state index contributed by atoms with van der Waals surface area (Å²) in [5.74, 6) is 1.41. The van der Waals surface area contributed by atoms with Gasteiger partial charge in [-0.05, 0) is 41.8 Å². The molecular weight excluding hydrogens is 282 g/mol. The van der Waals surface area contributed by atoms with Crippen molar-refractivity contribution in [3.63, 3.8) is 0 Å². The van der Waals surface area contributed by atoms with Crippen LogP contribution in [-0.4, -0.2) is 24.2 Å². The van der Waals surface area contributed by atoms with E-state index in [4.69, 9.17) is 10.5 Å². The third-order valence-corrected chi connectivity index (χ3v) is 4.31. The molecule has 0 bridgehead atoms. The highest BCUT2D eigenvalue weighted by Gasteiger charge is 2.23. The number of hydrogen-bond donors (Lipinski definition) is 2. The number of rotatable bonds is 3. The quantitative estimate of drug-likeness (QED) is 0.900. The maximum atomic E-state index is 5.80. The van der Waals surface area contributed by atoms with Crippen molar-refractivity contribution in [3.05, 3.63) is 16.2 Å². The SMILES string of the molecule is Cc1c(N)cnc(NC(C)C2CCOC2)c1Br. The summed E-state index contributed by atoms with van der Waals surface area (Å²) in [7, 11) is 0. The first-order valence-corrected chi connectivity index (χ1v) is 6.63. The average Bonchev–Trinajstić information content (AvgIpc) is 2.83. The number of nitrogens with one attached hydrogen (secondary N) is 1. The number of aromatic nitrogens is 1. The second-order valence-corrected chi connectivity index (χ2v) is 5.35. The minimum atomic E-state index is 0.351. The van der Waals surface area contributed by atoms with E-state index in [9.17, 15) is 0 Å². The highest BCUT2D eigenvalue weighted by atomic mass is 79.9. The number of anilines is 2. The highest BCUT2D eigenvalue weighted by Crippen LogP contribution is 2.29. The lowest BCUT2D eigenvalue weighted by atomic mass is 10.0. The van der Waals surface area contributed by atoms with Gasteiger partial charge in [0, 0.05) is 18.6 Å². The summed E-state index contributed by atoms with van der Waals surface area (Å²) < 4.78 is 6.34. The van der Waals surface area contributed by atoms with Crippen molar-refractivity contribution >= 4 is 27.4 Å². The van der Waals surface area contributed by atoms with E-state index < -0.39 is 0 Å². The number of halogens is 1. The molecule has 2 rings (SSSR count). The van der Waals surface area contributed by atoms with Gasteiger partial charge in [-0.2, -0.15) is 0 Å². The Balaban J connectivity index is 2.10. The van der Waals surface area contributed by atoms with Crippen LogP contribution in [0.15, 0.2) is 10.7 Å². The largest absolute Gasteiger partial charge is 0.397 e. The Morgan fingerprint density at radius 2 is 2.41 bits per heavy atom. The van der Waals surface area contributed by atoms with Crippen LogP contribution in [-0.2, 0) is 4.74 Å². The Labute approximate surface area is 110 Å². The van der Waals surface area contributed by atoms with Crippen molar-refractivity contribution in [2.45, 2.75) is 26.3 Å². The Bertz CT molecular complexity index is 405. The van der Waals surface area contributed by atoms with Gasteiger partial charge in [-0.15, -0.1) is 0 Å². The van der Waals surface area contributed by atoms with Crippen LogP contribution in [0.2, 0.25) is 0 Å².